The van der Waals surface area contributed by atoms with Gasteiger partial charge in [-0.1, -0.05) is 6.92 Å². The van der Waals surface area contributed by atoms with Crippen LogP contribution in [0.15, 0.2) is 0 Å². The van der Waals surface area contributed by atoms with Gasteiger partial charge >= 0.3 is 6.03 Å². The van der Waals surface area contributed by atoms with Crippen molar-refractivity contribution in [1.29, 1.82) is 0 Å². The molecule has 3 aliphatic rings. The van der Waals surface area contributed by atoms with E-state index in [1.54, 1.807) is 0 Å². The first-order valence-electron chi connectivity index (χ1n) is 10.1. The molecule has 1 atom stereocenters. The van der Waals surface area contributed by atoms with Crippen molar-refractivity contribution in [3.05, 3.63) is 0 Å². The molecule has 3 rings (SSSR count). The normalized spacial score (nSPS) is 33.4. The number of aliphatic hydroxyl groups is 1. The van der Waals surface area contributed by atoms with E-state index >= 15 is 0 Å². The molecule has 0 radical (unpaired) electrons. The van der Waals surface area contributed by atoms with Crippen LogP contribution in [-0.4, -0.2) is 65.8 Å². The van der Waals surface area contributed by atoms with Gasteiger partial charge < -0.3 is 20.2 Å². The highest BCUT2D eigenvalue weighted by molar-refractivity contribution is 5.74. The molecule has 0 bridgehead atoms. The van der Waals surface area contributed by atoms with E-state index in [1.807, 2.05) is 4.90 Å². The summed E-state index contributed by atoms with van der Waals surface area (Å²) in [7, 11) is 0. The van der Waals surface area contributed by atoms with Gasteiger partial charge in [-0.3, -0.25) is 0 Å². The van der Waals surface area contributed by atoms with E-state index in [9.17, 15) is 9.90 Å². The summed E-state index contributed by atoms with van der Waals surface area (Å²) in [5, 5.41) is 12.8. The third-order valence-corrected chi connectivity index (χ3v) is 6.22. The van der Waals surface area contributed by atoms with Crippen molar-refractivity contribution >= 4 is 6.03 Å². The van der Waals surface area contributed by atoms with Crippen LogP contribution in [-0.2, 0) is 0 Å². The fraction of sp³-hybridized carbons (Fsp3) is 0.947. The van der Waals surface area contributed by atoms with Crippen LogP contribution in [0.3, 0.4) is 0 Å². The van der Waals surface area contributed by atoms with Crippen LogP contribution in [0.5, 0.6) is 0 Å². The minimum atomic E-state index is -0.162. The number of likely N-dealkylation sites (tertiary alicyclic amines) is 2. The van der Waals surface area contributed by atoms with Crippen LogP contribution in [0, 0.1) is 11.8 Å². The second-order valence-corrected chi connectivity index (χ2v) is 8.39. The van der Waals surface area contributed by atoms with Crippen molar-refractivity contribution < 1.29 is 9.90 Å². The summed E-state index contributed by atoms with van der Waals surface area (Å²) < 4.78 is 0. The Balaban J connectivity index is 1.42. The predicted octanol–water partition coefficient (Wildman–Crippen LogP) is 2.44. The summed E-state index contributed by atoms with van der Waals surface area (Å²) in [6.07, 6.45) is 8.34. The number of nitrogens with zero attached hydrogens (tertiary/aromatic N) is 2. The first-order chi connectivity index (χ1) is 11.6. The number of hydrogen-bond donors (Lipinski definition) is 2. The number of aliphatic hydroxyl groups excluding tert-OH is 1. The van der Waals surface area contributed by atoms with Crippen LogP contribution in [0.4, 0.5) is 4.79 Å². The first kappa shape index (κ1) is 18.0. The van der Waals surface area contributed by atoms with Crippen molar-refractivity contribution in [3.8, 4) is 0 Å². The van der Waals surface area contributed by atoms with Gasteiger partial charge in [0.15, 0.2) is 0 Å². The smallest absolute Gasteiger partial charge is 0.317 e. The number of amides is 2. The average Bonchev–Trinajstić information content (AvgIpc) is 2.59. The van der Waals surface area contributed by atoms with Gasteiger partial charge in [0.2, 0.25) is 0 Å². The van der Waals surface area contributed by atoms with Crippen molar-refractivity contribution in [2.45, 2.75) is 70.4 Å². The molecular formula is C19H35N3O2. The molecule has 0 aromatic rings. The molecule has 1 saturated carbocycles. The zero-order chi connectivity index (χ0) is 16.9. The van der Waals surface area contributed by atoms with Crippen molar-refractivity contribution in [1.82, 2.24) is 15.1 Å². The topological polar surface area (TPSA) is 55.8 Å². The molecule has 2 N–H and O–H groups in total. The van der Waals surface area contributed by atoms with E-state index in [1.165, 1.54) is 32.4 Å². The second kappa shape index (κ2) is 8.52. The molecule has 24 heavy (non-hydrogen) atoms. The number of urea groups is 1. The number of piperidine rings is 2. The predicted molar refractivity (Wildman–Crippen MR) is 95.9 cm³/mol. The molecule has 3 fully saturated rings. The summed E-state index contributed by atoms with van der Waals surface area (Å²) in [5.74, 6) is 1.51. The maximum atomic E-state index is 12.6. The molecule has 2 heterocycles. The fourth-order valence-electron chi connectivity index (χ4n) is 4.49. The molecule has 2 aliphatic heterocycles. The molecule has 5 heteroatoms. The summed E-state index contributed by atoms with van der Waals surface area (Å²) >= 11 is 0. The van der Waals surface area contributed by atoms with E-state index in [0.29, 0.717) is 5.92 Å². The van der Waals surface area contributed by atoms with Gasteiger partial charge in [0, 0.05) is 25.7 Å². The Bertz CT molecular complexity index is 401. The Hall–Kier alpha value is -0.810. The Kier molecular flexibility index (Phi) is 6.39. The van der Waals surface area contributed by atoms with Gasteiger partial charge in [0.25, 0.3) is 0 Å². The standard InChI is InChI=1S/C19H35N3O2/c1-15-8-11-21(12-9-15)13-16-3-2-10-22(14-16)19(24)20-17-4-6-18(23)7-5-17/h15-18,23H,2-14H2,1H3,(H,20,24)/t16-,17?,18?/m0/s1. The monoisotopic (exact) mass is 337 g/mol. The Morgan fingerprint density at radius 1 is 1.04 bits per heavy atom. The van der Waals surface area contributed by atoms with Gasteiger partial charge in [-0.2, -0.15) is 0 Å². The molecule has 0 aromatic carbocycles. The molecule has 0 aromatic heterocycles. The lowest BCUT2D eigenvalue weighted by atomic mass is 9.93. The zero-order valence-electron chi connectivity index (χ0n) is 15.3. The fourth-order valence-corrected chi connectivity index (χ4v) is 4.49. The summed E-state index contributed by atoms with van der Waals surface area (Å²) in [5.41, 5.74) is 0. The summed E-state index contributed by atoms with van der Waals surface area (Å²) in [6, 6.07) is 0.373. The van der Waals surface area contributed by atoms with Gasteiger partial charge in [-0.25, -0.2) is 4.79 Å². The van der Waals surface area contributed by atoms with Gasteiger partial charge in [0.05, 0.1) is 6.10 Å². The lowest BCUT2D eigenvalue weighted by Gasteiger charge is -2.38. The van der Waals surface area contributed by atoms with Gasteiger partial charge in [-0.15, -0.1) is 0 Å². The molecule has 138 valence electrons. The largest absolute Gasteiger partial charge is 0.393 e. The van der Waals surface area contributed by atoms with E-state index in [4.69, 9.17) is 0 Å². The van der Waals surface area contributed by atoms with E-state index in [-0.39, 0.29) is 18.2 Å². The maximum absolute atomic E-state index is 12.6. The van der Waals surface area contributed by atoms with Crippen LogP contribution in [0.2, 0.25) is 0 Å². The van der Waals surface area contributed by atoms with E-state index < -0.39 is 0 Å². The molecule has 0 unspecified atom stereocenters. The molecule has 5 nitrogen and oxygen atoms in total. The Morgan fingerprint density at radius 2 is 1.75 bits per heavy atom. The zero-order valence-corrected chi connectivity index (χ0v) is 15.3. The molecular weight excluding hydrogens is 302 g/mol. The molecule has 1 aliphatic carbocycles. The minimum Gasteiger partial charge on any atom is -0.393 e. The van der Waals surface area contributed by atoms with Crippen molar-refractivity contribution in [2.24, 2.45) is 11.8 Å². The number of carbonyl (C=O) groups is 1. The highest BCUT2D eigenvalue weighted by Crippen LogP contribution is 2.23. The van der Waals surface area contributed by atoms with E-state index in [0.717, 1.165) is 57.7 Å². The minimum absolute atomic E-state index is 0.119. The lowest BCUT2D eigenvalue weighted by Crippen LogP contribution is -2.51. The van der Waals surface area contributed by atoms with Crippen LogP contribution >= 0.6 is 0 Å². The SMILES string of the molecule is CC1CCN(C[C@@H]2CCCN(C(=O)NC3CCC(O)CC3)C2)CC1. The maximum Gasteiger partial charge on any atom is 0.317 e. The quantitative estimate of drug-likeness (QED) is 0.832. The second-order valence-electron chi connectivity index (χ2n) is 8.39. The summed E-state index contributed by atoms with van der Waals surface area (Å²) in [6.45, 7) is 7.78. The number of carbonyl (C=O) groups excluding carboxylic acids is 1. The average molecular weight is 338 g/mol. The molecule has 2 amide bonds. The van der Waals surface area contributed by atoms with Crippen molar-refractivity contribution in [3.63, 3.8) is 0 Å². The third kappa shape index (κ3) is 5.09. The van der Waals surface area contributed by atoms with Crippen LogP contribution < -0.4 is 5.32 Å². The van der Waals surface area contributed by atoms with Crippen LogP contribution in [0.25, 0.3) is 0 Å². The van der Waals surface area contributed by atoms with Crippen LogP contribution in [0.1, 0.15) is 58.3 Å². The first-order valence-corrected chi connectivity index (χ1v) is 10.1. The number of hydrogen-bond acceptors (Lipinski definition) is 3. The molecule has 2 saturated heterocycles. The number of rotatable bonds is 3. The molecule has 0 spiro atoms. The lowest BCUT2D eigenvalue weighted by molar-refractivity contribution is 0.106. The highest BCUT2D eigenvalue weighted by Gasteiger charge is 2.28. The van der Waals surface area contributed by atoms with Gasteiger partial charge in [0.1, 0.15) is 0 Å². The Labute approximate surface area is 146 Å². The Morgan fingerprint density at radius 3 is 2.46 bits per heavy atom. The number of nitrogens with one attached hydrogen (secondary N) is 1. The van der Waals surface area contributed by atoms with Crippen molar-refractivity contribution in [2.75, 3.05) is 32.7 Å². The van der Waals surface area contributed by atoms with E-state index in [2.05, 4.69) is 17.1 Å². The highest BCUT2D eigenvalue weighted by atomic mass is 16.3. The van der Waals surface area contributed by atoms with Gasteiger partial charge in [-0.05, 0) is 76.3 Å². The third-order valence-electron chi connectivity index (χ3n) is 6.22. The summed E-state index contributed by atoms with van der Waals surface area (Å²) in [4.78, 5) is 17.2.